The van der Waals surface area contributed by atoms with Gasteiger partial charge in [-0.2, -0.15) is 0 Å². The summed E-state index contributed by atoms with van der Waals surface area (Å²) in [4.78, 5) is 14.1. The molecule has 1 N–H and O–H groups in total. The van der Waals surface area contributed by atoms with Crippen molar-refractivity contribution in [2.75, 3.05) is 27.1 Å². The van der Waals surface area contributed by atoms with E-state index in [1.165, 1.54) is 19.1 Å². The topological polar surface area (TPSA) is 56.8 Å². The van der Waals surface area contributed by atoms with Crippen molar-refractivity contribution >= 4 is 17.7 Å². The molecule has 1 aliphatic heterocycles. The fraction of sp³-hybridized carbons (Fsp3) is 0.316. The fourth-order valence-corrected chi connectivity index (χ4v) is 4.13. The van der Waals surface area contributed by atoms with Gasteiger partial charge in [-0.15, -0.1) is 11.8 Å². The van der Waals surface area contributed by atoms with Gasteiger partial charge in [0.15, 0.2) is 11.5 Å². The molecule has 0 saturated heterocycles. The molecule has 132 valence electrons. The first kappa shape index (κ1) is 17.5. The van der Waals surface area contributed by atoms with Crippen molar-refractivity contribution in [3.8, 4) is 17.2 Å². The Bertz CT molecular complexity index is 778. The molecule has 1 aliphatic rings. The Hall–Kier alpha value is -2.34. The van der Waals surface area contributed by atoms with Crippen LogP contribution in [0.3, 0.4) is 0 Å². The summed E-state index contributed by atoms with van der Waals surface area (Å²) < 4.78 is 16.1. The van der Waals surface area contributed by atoms with Gasteiger partial charge in [-0.3, -0.25) is 4.79 Å². The molecule has 3 rings (SSSR count). The van der Waals surface area contributed by atoms with E-state index in [0.29, 0.717) is 22.8 Å². The number of carbonyl (C=O) groups excluding carboxylic acids is 1. The van der Waals surface area contributed by atoms with E-state index in [1.54, 1.807) is 19.2 Å². The van der Waals surface area contributed by atoms with Crippen LogP contribution in [-0.4, -0.2) is 33.0 Å². The first-order chi connectivity index (χ1) is 12.2. The number of hydrogen-bond acceptors (Lipinski definition) is 5. The summed E-state index contributed by atoms with van der Waals surface area (Å²) in [6.07, 6.45) is 0.892. The van der Waals surface area contributed by atoms with Crippen LogP contribution in [0.15, 0.2) is 41.3 Å². The Labute approximate surface area is 151 Å². The highest BCUT2D eigenvalue weighted by atomic mass is 32.2. The van der Waals surface area contributed by atoms with Crippen LogP contribution in [0.25, 0.3) is 0 Å². The molecule has 0 fully saturated rings. The van der Waals surface area contributed by atoms with Crippen molar-refractivity contribution in [3.05, 3.63) is 47.5 Å². The van der Waals surface area contributed by atoms with Crippen LogP contribution in [-0.2, 0) is 0 Å². The Balaban J connectivity index is 1.90. The Kier molecular flexibility index (Phi) is 5.38. The van der Waals surface area contributed by atoms with Crippen molar-refractivity contribution < 1.29 is 19.0 Å². The maximum Gasteiger partial charge on any atom is 0.255 e. The number of benzene rings is 2. The molecule has 6 heteroatoms. The van der Waals surface area contributed by atoms with Gasteiger partial charge in [0.2, 0.25) is 5.75 Å². The number of nitrogens with one attached hydrogen (secondary N) is 1. The van der Waals surface area contributed by atoms with Gasteiger partial charge in [0, 0.05) is 10.6 Å². The second kappa shape index (κ2) is 7.70. The predicted octanol–water partition coefficient (Wildman–Crippen LogP) is 3.68. The third-order valence-corrected chi connectivity index (χ3v) is 5.34. The molecule has 2 aromatic rings. The van der Waals surface area contributed by atoms with E-state index in [-0.39, 0.29) is 11.9 Å². The number of amides is 1. The van der Waals surface area contributed by atoms with Crippen molar-refractivity contribution in [2.24, 2.45) is 0 Å². The Morgan fingerprint density at radius 3 is 2.52 bits per heavy atom. The summed E-state index contributed by atoms with van der Waals surface area (Å²) in [6.45, 7) is 0. The van der Waals surface area contributed by atoms with E-state index < -0.39 is 0 Å². The maximum absolute atomic E-state index is 12.9. The van der Waals surface area contributed by atoms with Crippen LogP contribution in [0.4, 0.5) is 0 Å². The van der Waals surface area contributed by atoms with Crippen molar-refractivity contribution in [1.82, 2.24) is 5.32 Å². The maximum atomic E-state index is 12.9. The number of ether oxygens (including phenoxy) is 3. The standard InChI is InChI=1S/C19H21NO4S/c1-22-15-9-8-13(17(23-2)18(15)24-3)19(21)20-14-10-11-25-16-7-5-4-6-12(14)16/h4-9,14H,10-11H2,1-3H3,(H,20,21)/t14-/m1/s1. The number of rotatable bonds is 5. The summed E-state index contributed by atoms with van der Waals surface area (Å²) in [5, 5.41) is 3.13. The van der Waals surface area contributed by atoms with E-state index in [1.807, 2.05) is 23.9 Å². The van der Waals surface area contributed by atoms with Crippen molar-refractivity contribution in [3.63, 3.8) is 0 Å². The van der Waals surface area contributed by atoms with Crippen LogP contribution < -0.4 is 19.5 Å². The second-order valence-electron chi connectivity index (χ2n) is 5.58. The van der Waals surface area contributed by atoms with Gasteiger partial charge in [-0.05, 0) is 30.2 Å². The normalized spacial score (nSPS) is 15.9. The summed E-state index contributed by atoms with van der Waals surface area (Å²) in [5.41, 5.74) is 1.59. The Morgan fingerprint density at radius 2 is 1.80 bits per heavy atom. The first-order valence-electron chi connectivity index (χ1n) is 8.01. The molecule has 0 saturated carbocycles. The molecular formula is C19H21NO4S. The third-order valence-electron chi connectivity index (χ3n) is 4.21. The molecule has 5 nitrogen and oxygen atoms in total. The van der Waals surface area contributed by atoms with Crippen LogP contribution in [0.1, 0.15) is 28.4 Å². The van der Waals surface area contributed by atoms with Crippen molar-refractivity contribution in [1.29, 1.82) is 0 Å². The number of fused-ring (bicyclic) bond motifs is 1. The average molecular weight is 359 g/mol. The van der Waals surface area contributed by atoms with Crippen molar-refractivity contribution in [2.45, 2.75) is 17.4 Å². The van der Waals surface area contributed by atoms with Crippen LogP contribution >= 0.6 is 11.8 Å². The van der Waals surface area contributed by atoms with Gasteiger partial charge in [0.25, 0.3) is 5.91 Å². The third kappa shape index (κ3) is 3.39. The minimum atomic E-state index is -0.190. The van der Waals surface area contributed by atoms with E-state index in [0.717, 1.165) is 17.7 Å². The monoisotopic (exact) mass is 359 g/mol. The van der Waals surface area contributed by atoms with Gasteiger partial charge in [-0.25, -0.2) is 0 Å². The van der Waals surface area contributed by atoms with E-state index >= 15 is 0 Å². The van der Waals surface area contributed by atoms with Crippen LogP contribution in [0.2, 0.25) is 0 Å². The predicted molar refractivity (Wildman–Crippen MR) is 98.1 cm³/mol. The molecule has 1 atom stereocenters. The zero-order valence-corrected chi connectivity index (χ0v) is 15.3. The summed E-state index contributed by atoms with van der Waals surface area (Å²) in [7, 11) is 4.59. The van der Waals surface area contributed by atoms with Gasteiger partial charge in [-0.1, -0.05) is 18.2 Å². The molecule has 1 amide bonds. The molecule has 1 heterocycles. The molecule has 2 aromatic carbocycles. The molecule has 0 radical (unpaired) electrons. The lowest BCUT2D eigenvalue weighted by Crippen LogP contribution is -2.31. The second-order valence-corrected chi connectivity index (χ2v) is 6.72. The lowest BCUT2D eigenvalue weighted by atomic mass is 10.0. The minimum absolute atomic E-state index is 0.0113. The lowest BCUT2D eigenvalue weighted by molar-refractivity contribution is 0.0931. The smallest absolute Gasteiger partial charge is 0.255 e. The highest BCUT2D eigenvalue weighted by Gasteiger charge is 2.25. The average Bonchev–Trinajstić information content (AvgIpc) is 2.66. The van der Waals surface area contributed by atoms with E-state index in [4.69, 9.17) is 14.2 Å². The van der Waals surface area contributed by atoms with Crippen LogP contribution in [0.5, 0.6) is 17.2 Å². The first-order valence-corrected chi connectivity index (χ1v) is 8.99. The molecule has 0 bridgehead atoms. The quantitative estimate of drug-likeness (QED) is 0.883. The van der Waals surface area contributed by atoms with E-state index in [9.17, 15) is 4.79 Å². The summed E-state index contributed by atoms with van der Waals surface area (Å²) >= 11 is 1.82. The lowest BCUT2D eigenvalue weighted by Gasteiger charge is -2.26. The molecule has 25 heavy (non-hydrogen) atoms. The van der Waals surface area contributed by atoms with Gasteiger partial charge < -0.3 is 19.5 Å². The van der Waals surface area contributed by atoms with Crippen LogP contribution in [0, 0.1) is 0 Å². The SMILES string of the molecule is COc1ccc(C(=O)N[C@@H]2CCSc3ccccc32)c(OC)c1OC. The molecule has 0 spiro atoms. The number of hydrogen-bond donors (Lipinski definition) is 1. The van der Waals surface area contributed by atoms with Gasteiger partial charge in [0.05, 0.1) is 32.9 Å². The summed E-state index contributed by atoms with van der Waals surface area (Å²) in [5.74, 6) is 2.10. The zero-order chi connectivity index (χ0) is 17.8. The molecule has 0 aliphatic carbocycles. The van der Waals surface area contributed by atoms with E-state index in [2.05, 4.69) is 17.4 Å². The highest BCUT2D eigenvalue weighted by Crippen LogP contribution is 2.40. The highest BCUT2D eigenvalue weighted by molar-refractivity contribution is 7.99. The fourth-order valence-electron chi connectivity index (χ4n) is 3.01. The molecule has 0 aromatic heterocycles. The van der Waals surface area contributed by atoms with Gasteiger partial charge in [0.1, 0.15) is 0 Å². The molecular weight excluding hydrogens is 338 g/mol. The molecule has 0 unspecified atom stereocenters. The largest absolute Gasteiger partial charge is 0.493 e. The minimum Gasteiger partial charge on any atom is -0.493 e. The summed E-state index contributed by atoms with van der Waals surface area (Å²) in [6, 6.07) is 11.6. The Morgan fingerprint density at radius 1 is 1.04 bits per heavy atom. The number of carbonyl (C=O) groups is 1. The number of methoxy groups -OCH3 is 3. The number of thioether (sulfide) groups is 1. The van der Waals surface area contributed by atoms with Gasteiger partial charge >= 0.3 is 0 Å². The zero-order valence-electron chi connectivity index (χ0n) is 14.5.